The van der Waals surface area contributed by atoms with Gasteiger partial charge in [-0.2, -0.15) is 0 Å². The summed E-state index contributed by atoms with van der Waals surface area (Å²) >= 11 is 5.10. The molecule has 0 atom stereocenters. The fourth-order valence-corrected chi connectivity index (χ4v) is 1.88. The van der Waals surface area contributed by atoms with E-state index in [9.17, 15) is 4.79 Å². The standard InChI is InChI=1S/C14H11ClO2/c1-2-13(14(16)17-15)12-8-7-10-5-3-4-6-11(10)9-12/h2-9H,1H3/b13-2+. The van der Waals surface area contributed by atoms with Crippen LogP contribution in [0.25, 0.3) is 16.3 Å². The summed E-state index contributed by atoms with van der Waals surface area (Å²) in [5, 5.41) is 2.21. The molecule has 0 spiro atoms. The molecule has 0 unspecified atom stereocenters. The molecular weight excluding hydrogens is 236 g/mol. The van der Waals surface area contributed by atoms with Gasteiger partial charge in [-0.05, 0) is 29.3 Å². The first-order valence-electron chi connectivity index (χ1n) is 5.24. The van der Waals surface area contributed by atoms with E-state index >= 15 is 0 Å². The van der Waals surface area contributed by atoms with Gasteiger partial charge in [0.25, 0.3) is 0 Å². The number of fused-ring (bicyclic) bond motifs is 1. The quantitative estimate of drug-likeness (QED) is 0.751. The van der Waals surface area contributed by atoms with E-state index in [1.165, 1.54) is 0 Å². The Morgan fingerprint density at radius 3 is 2.53 bits per heavy atom. The molecule has 2 aromatic carbocycles. The minimum absolute atomic E-state index is 0.464. The Morgan fingerprint density at radius 2 is 1.88 bits per heavy atom. The summed E-state index contributed by atoms with van der Waals surface area (Å²) in [5.74, 6) is -0.538. The Bertz CT molecular complexity index is 588. The highest BCUT2D eigenvalue weighted by Gasteiger charge is 2.12. The predicted octanol–water partition coefficient (Wildman–Crippen LogP) is 3.94. The first kappa shape index (κ1) is 11.7. The van der Waals surface area contributed by atoms with Gasteiger partial charge < -0.3 is 4.29 Å². The molecular formula is C14H11ClO2. The second kappa shape index (κ2) is 5.02. The number of benzene rings is 2. The normalized spacial score (nSPS) is 11.5. The zero-order valence-corrected chi connectivity index (χ0v) is 10.1. The molecule has 0 N–H and O–H groups in total. The van der Waals surface area contributed by atoms with Crippen LogP contribution in [0.2, 0.25) is 0 Å². The molecule has 0 saturated carbocycles. The van der Waals surface area contributed by atoms with E-state index in [1.54, 1.807) is 13.0 Å². The second-order valence-electron chi connectivity index (χ2n) is 3.63. The summed E-state index contributed by atoms with van der Waals surface area (Å²) in [6.45, 7) is 1.78. The van der Waals surface area contributed by atoms with Gasteiger partial charge in [-0.3, -0.25) is 0 Å². The molecule has 0 aliphatic rings. The lowest BCUT2D eigenvalue weighted by Crippen LogP contribution is -2.00. The summed E-state index contributed by atoms with van der Waals surface area (Å²) in [6, 6.07) is 13.7. The molecule has 2 nitrogen and oxygen atoms in total. The van der Waals surface area contributed by atoms with Gasteiger partial charge in [0.05, 0.1) is 5.57 Å². The van der Waals surface area contributed by atoms with Gasteiger partial charge in [-0.15, -0.1) is 0 Å². The first-order chi connectivity index (χ1) is 8.26. The maximum Gasteiger partial charge on any atom is 0.356 e. The van der Waals surface area contributed by atoms with Gasteiger partial charge in [-0.25, -0.2) is 4.79 Å². The van der Waals surface area contributed by atoms with Gasteiger partial charge in [-0.1, -0.05) is 42.5 Å². The van der Waals surface area contributed by atoms with Crippen LogP contribution in [-0.4, -0.2) is 5.97 Å². The van der Waals surface area contributed by atoms with Gasteiger partial charge in [0.2, 0.25) is 0 Å². The van der Waals surface area contributed by atoms with Gasteiger partial charge in [0.15, 0.2) is 0 Å². The maximum atomic E-state index is 11.5. The third-order valence-corrected chi connectivity index (χ3v) is 2.78. The Labute approximate surface area is 105 Å². The molecule has 0 saturated heterocycles. The van der Waals surface area contributed by atoms with Crippen molar-refractivity contribution in [2.75, 3.05) is 0 Å². The first-order valence-corrected chi connectivity index (χ1v) is 5.55. The summed E-state index contributed by atoms with van der Waals surface area (Å²) in [7, 11) is 0. The van der Waals surface area contributed by atoms with Crippen LogP contribution in [0.4, 0.5) is 0 Å². The van der Waals surface area contributed by atoms with Crippen molar-refractivity contribution in [3.8, 4) is 0 Å². The molecule has 86 valence electrons. The van der Waals surface area contributed by atoms with Crippen LogP contribution in [0.15, 0.2) is 48.5 Å². The Hall–Kier alpha value is -1.80. The van der Waals surface area contributed by atoms with Crippen molar-refractivity contribution in [2.45, 2.75) is 6.92 Å². The molecule has 0 aliphatic carbocycles. The zero-order chi connectivity index (χ0) is 12.3. The number of carbonyl (C=O) groups is 1. The van der Waals surface area contributed by atoms with Crippen molar-refractivity contribution in [3.05, 3.63) is 54.1 Å². The lowest BCUT2D eigenvalue weighted by Gasteiger charge is -2.05. The van der Waals surface area contributed by atoms with Gasteiger partial charge in [0, 0.05) is 0 Å². The number of halogens is 1. The molecule has 2 rings (SSSR count). The molecule has 2 aromatic rings. The summed E-state index contributed by atoms with van der Waals surface area (Å²) in [5.41, 5.74) is 1.27. The molecule has 17 heavy (non-hydrogen) atoms. The van der Waals surface area contributed by atoms with Crippen LogP contribution in [-0.2, 0) is 9.08 Å². The largest absolute Gasteiger partial charge is 0.356 e. The van der Waals surface area contributed by atoms with Crippen molar-refractivity contribution >= 4 is 34.2 Å². The lowest BCUT2D eigenvalue weighted by atomic mass is 10.0. The predicted molar refractivity (Wildman–Crippen MR) is 69.5 cm³/mol. The van der Waals surface area contributed by atoms with Crippen LogP contribution in [0.5, 0.6) is 0 Å². The third kappa shape index (κ3) is 2.32. The molecule has 0 radical (unpaired) electrons. The molecule has 3 heteroatoms. The summed E-state index contributed by atoms with van der Waals surface area (Å²) < 4.78 is 4.23. The van der Waals surface area contributed by atoms with Gasteiger partial charge in [0.1, 0.15) is 11.9 Å². The Morgan fingerprint density at radius 1 is 1.18 bits per heavy atom. The number of carbonyl (C=O) groups excluding carboxylic acids is 1. The molecule has 0 amide bonds. The van der Waals surface area contributed by atoms with E-state index in [0.29, 0.717) is 5.57 Å². The second-order valence-corrected chi connectivity index (χ2v) is 3.78. The average molecular weight is 247 g/mol. The molecule has 0 fully saturated rings. The minimum Gasteiger partial charge on any atom is -0.343 e. The van der Waals surface area contributed by atoms with Crippen molar-refractivity contribution in [1.29, 1.82) is 0 Å². The lowest BCUT2D eigenvalue weighted by molar-refractivity contribution is -0.127. The maximum absolute atomic E-state index is 11.5. The molecule has 0 aromatic heterocycles. The molecule has 0 bridgehead atoms. The van der Waals surface area contributed by atoms with Gasteiger partial charge >= 0.3 is 5.97 Å². The number of rotatable bonds is 2. The van der Waals surface area contributed by atoms with Crippen molar-refractivity contribution in [3.63, 3.8) is 0 Å². The Kier molecular flexibility index (Phi) is 3.45. The van der Waals surface area contributed by atoms with E-state index in [4.69, 9.17) is 11.9 Å². The van der Waals surface area contributed by atoms with Crippen LogP contribution in [0.1, 0.15) is 12.5 Å². The number of allylic oxidation sites excluding steroid dienone is 1. The summed E-state index contributed by atoms with van der Waals surface area (Å²) in [4.78, 5) is 11.5. The van der Waals surface area contributed by atoms with Crippen molar-refractivity contribution < 1.29 is 9.08 Å². The molecule has 0 aliphatic heterocycles. The fraction of sp³-hybridized carbons (Fsp3) is 0.0714. The van der Waals surface area contributed by atoms with Crippen LogP contribution in [0.3, 0.4) is 0 Å². The third-order valence-electron chi connectivity index (χ3n) is 2.64. The van der Waals surface area contributed by atoms with E-state index in [1.807, 2.05) is 42.5 Å². The highest BCUT2D eigenvalue weighted by molar-refractivity contribution is 6.25. The SMILES string of the molecule is C/C=C(/C(=O)OCl)c1ccc2ccccc2c1. The van der Waals surface area contributed by atoms with Crippen molar-refractivity contribution in [1.82, 2.24) is 0 Å². The smallest absolute Gasteiger partial charge is 0.343 e. The monoisotopic (exact) mass is 246 g/mol. The number of hydrogen-bond donors (Lipinski definition) is 0. The molecule has 0 heterocycles. The Balaban J connectivity index is 2.52. The van der Waals surface area contributed by atoms with Crippen LogP contribution < -0.4 is 0 Å². The average Bonchev–Trinajstić information content (AvgIpc) is 2.39. The fourth-order valence-electron chi connectivity index (χ4n) is 1.80. The summed E-state index contributed by atoms with van der Waals surface area (Å²) in [6.07, 6.45) is 1.69. The van der Waals surface area contributed by atoms with Crippen molar-refractivity contribution in [2.24, 2.45) is 0 Å². The van der Waals surface area contributed by atoms with E-state index in [-0.39, 0.29) is 0 Å². The van der Waals surface area contributed by atoms with E-state index in [2.05, 4.69) is 4.29 Å². The van der Waals surface area contributed by atoms with Crippen LogP contribution in [0, 0.1) is 0 Å². The zero-order valence-electron chi connectivity index (χ0n) is 9.31. The van der Waals surface area contributed by atoms with E-state index in [0.717, 1.165) is 16.3 Å². The van der Waals surface area contributed by atoms with Crippen LogP contribution >= 0.6 is 11.9 Å². The highest BCUT2D eigenvalue weighted by atomic mass is 35.5. The minimum atomic E-state index is -0.538. The topological polar surface area (TPSA) is 26.3 Å². The highest BCUT2D eigenvalue weighted by Crippen LogP contribution is 2.22. The number of hydrogen-bond acceptors (Lipinski definition) is 2. The van der Waals surface area contributed by atoms with E-state index < -0.39 is 5.97 Å².